The number of nitrogens with one attached hydrogen (secondary N) is 2. The smallest absolute Gasteiger partial charge is 0.191 e. The number of benzene rings is 2. The highest BCUT2D eigenvalue weighted by Gasteiger charge is 2.22. The first-order valence-corrected chi connectivity index (χ1v) is 10.3. The number of thiazole rings is 1. The molecule has 3 N–H and O–H groups in total. The Morgan fingerprint density at radius 2 is 1.75 bits per heavy atom. The SMILES string of the molecule is CCNC(=NCc1csc(-c2ccccc2)n1)NCC(C)(O)c1ccccc1. The molecule has 0 saturated heterocycles. The third-order valence-electron chi connectivity index (χ3n) is 4.31. The Labute approximate surface area is 170 Å². The maximum absolute atomic E-state index is 10.8. The van der Waals surface area contributed by atoms with Crippen molar-refractivity contribution in [2.45, 2.75) is 26.0 Å². The van der Waals surface area contributed by atoms with E-state index in [1.807, 2.05) is 60.8 Å². The van der Waals surface area contributed by atoms with Crippen LogP contribution in [0.3, 0.4) is 0 Å². The van der Waals surface area contributed by atoms with Crippen LogP contribution in [0.1, 0.15) is 25.1 Å². The number of nitrogens with zero attached hydrogens (tertiary/aromatic N) is 2. The predicted molar refractivity (Wildman–Crippen MR) is 116 cm³/mol. The molecule has 0 aliphatic heterocycles. The van der Waals surface area contributed by atoms with Gasteiger partial charge in [-0.15, -0.1) is 11.3 Å². The molecule has 28 heavy (non-hydrogen) atoms. The summed E-state index contributed by atoms with van der Waals surface area (Å²) in [6.07, 6.45) is 0. The van der Waals surface area contributed by atoms with Crippen LogP contribution >= 0.6 is 11.3 Å². The van der Waals surface area contributed by atoms with Gasteiger partial charge in [0, 0.05) is 17.5 Å². The fourth-order valence-corrected chi connectivity index (χ4v) is 3.57. The van der Waals surface area contributed by atoms with Crippen LogP contribution in [0.15, 0.2) is 71.0 Å². The maximum Gasteiger partial charge on any atom is 0.191 e. The number of guanidine groups is 1. The second kappa shape index (κ2) is 9.48. The molecule has 5 nitrogen and oxygen atoms in total. The van der Waals surface area contributed by atoms with Crippen LogP contribution in [0.4, 0.5) is 0 Å². The number of aromatic nitrogens is 1. The molecule has 1 unspecified atom stereocenters. The van der Waals surface area contributed by atoms with Gasteiger partial charge in [-0.25, -0.2) is 9.98 Å². The molecule has 1 atom stereocenters. The van der Waals surface area contributed by atoms with Crippen LogP contribution in [-0.4, -0.2) is 29.1 Å². The van der Waals surface area contributed by atoms with E-state index < -0.39 is 5.60 Å². The molecule has 0 spiro atoms. The molecule has 1 aromatic heterocycles. The number of aliphatic imine (C=N–C) groups is 1. The van der Waals surface area contributed by atoms with Crippen LogP contribution in [0, 0.1) is 0 Å². The van der Waals surface area contributed by atoms with Crippen molar-refractivity contribution in [2.24, 2.45) is 4.99 Å². The van der Waals surface area contributed by atoms with Gasteiger partial charge in [0.1, 0.15) is 10.6 Å². The zero-order chi connectivity index (χ0) is 19.8. The molecular weight excluding hydrogens is 368 g/mol. The Bertz CT molecular complexity index is 891. The molecule has 146 valence electrons. The number of hydrogen-bond acceptors (Lipinski definition) is 4. The van der Waals surface area contributed by atoms with E-state index in [2.05, 4.69) is 32.7 Å². The minimum atomic E-state index is -0.988. The largest absolute Gasteiger partial charge is 0.384 e. The van der Waals surface area contributed by atoms with Crippen molar-refractivity contribution >= 4 is 17.3 Å². The third-order valence-corrected chi connectivity index (χ3v) is 5.25. The summed E-state index contributed by atoms with van der Waals surface area (Å²) in [5.41, 5.74) is 1.92. The van der Waals surface area contributed by atoms with E-state index in [0.717, 1.165) is 28.4 Å². The van der Waals surface area contributed by atoms with Gasteiger partial charge in [-0.2, -0.15) is 0 Å². The van der Waals surface area contributed by atoms with Crippen molar-refractivity contribution in [1.29, 1.82) is 0 Å². The van der Waals surface area contributed by atoms with Crippen molar-refractivity contribution in [2.75, 3.05) is 13.1 Å². The van der Waals surface area contributed by atoms with Crippen LogP contribution in [0.5, 0.6) is 0 Å². The highest BCUT2D eigenvalue weighted by Crippen LogP contribution is 2.23. The second-order valence-corrected chi connectivity index (χ2v) is 7.56. The topological polar surface area (TPSA) is 69.5 Å². The summed E-state index contributed by atoms with van der Waals surface area (Å²) < 4.78 is 0. The molecule has 0 aliphatic rings. The van der Waals surface area contributed by atoms with Gasteiger partial charge >= 0.3 is 0 Å². The number of hydrogen-bond donors (Lipinski definition) is 3. The third kappa shape index (κ3) is 5.41. The second-order valence-electron chi connectivity index (χ2n) is 6.70. The average molecular weight is 395 g/mol. The van der Waals surface area contributed by atoms with Crippen molar-refractivity contribution in [1.82, 2.24) is 15.6 Å². The zero-order valence-electron chi connectivity index (χ0n) is 16.2. The van der Waals surface area contributed by atoms with Gasteiger partial charge in [-0.05, 0) is 19.4 Å². The van der Waals surface area contributed by atoms with Gasteiger partial charge < -0.3 is 15.7 Å². The molecule has 3 rings (SSSR count). The standard InChI is InChI=1S/C22H26N4OS/c1-3-23-21(25-16-22(2,27)18-12-8-5-9-13-18)24-14-19-15-28-20(26-19)17-10-6-4-7-11-17/h4-13,15,27H,3,14,16H2,1-2H3,(H2,23,24,25). The van der Waals surface area contributed by atoms with E-state index in [9.17, 15) is 5.11 Å². The summed E-state index contributed by atoms with van der Waals surface area (Å²) in [4.78, 5) is 9.29. The quantitative estimate of drug-likeness (QED) is 0.421. The summed E-state index contributed by atoms with van der Waals surface area (Å²) >= 11 is 1.62. The molecule has 2 aromatic carbocycles. The molecule has 0 saturated carbocycles. The van der Waals surface area contributed by atoms with E-state index >= 15 is 0 Å². The fourth-order valence-electron chi connectivity index (χ4n) is 2.75. The maximum atomic E-state index is 10.8. The lowest BCUT2D eigenvalue weighted by molar-refractivity contribution is 0.0617. The lowest BCUT2D eigenvalue weighted by atomic mass is 9.96. The molecule has 6 heteroatoms. The van der Waals surface area contributed by atoms with Crippen molar-refractivity contribution < 1.29 is 5.11 Å². The monoisotopic (exact) mass is 394 g/mol. The summed E-state index contributed by atoms with van der Waals surface area (Å²) in [6, 6.07) is 19.8. The Hall–Kier alpha value is -2.70. The minimum Gasteiger partial charge on any atom is -0.384 e. The van der Waals surface area contributed by atoms with E-state index in [1.165, 1.54) is 0 Å². The Morgan fingerprint density at radius 3 is 2.43 bits per heavy atom. The summed E-state index contributed by atoms with van der Waals surface area (Å²) in [7, 11) is 0. The molecule has 0 amide bonds. The van der Waals surface area contributed by atoms with Gasteiger partial charge in [0.05, 0.1) is 18.8 Å². The van der Waals surface area contributed by atoms with Crippen molar-refractivity contribution in [3.63, 3.8) is 0 Å². The molecule has 3 aromatic rings. The Balaban J connectivity index is 1.64. The summed E-state index contributed by atoms with van der Waals surface area (Å²) in [5, 5.41) is 20.2. The first kappa shape index (κ1) is 20.0. The molecule has 0 fully saturated rings. The number of aliphatic hydroxyl groups is 1. The van der Waals surface area contributed by atoms with Crippen molar-refractivity contribution in [3.8, 4) is 10.6 Å². The van der Waals surface area contributed by atoms with Crippen molar-refractivity contribution in [3.05, 3.63) is 77.3 Å². The Kier molecular flexibility index (Phi) is 6.79. The van der Waals surface area contributed by atoms with Gasteiger partial charge in [-0.3, -0.25) is 0 Å². The van der Waals surface area contributed by atoms with Crippen LogP contribution in [0.2, 0.25) is 0 Å². The van der Waals surface area contributed by atoms with E-state index in [0.29, 0.717) is 19.0 Å². The first-order valence-electron chi connectivity index (χ1n) is 9.38. The highest BCUT2D eigenvalue weighted by molar-refractivity contribution is 7.13. The molecule has 0 radical (unpaired) electrons. The van der Waals surface area contributed by atoms with Crippen LogP contribution in [-0.2, 0) is 12.1 Å². The zero-order valence-corrected chi connectivity index (χ0v) is 17.0. The molecule has 0 aliphatic carbocycles. The van der Waals surface area contributed by atoms with E-state index in [4.69, 9.17) is 0 Å². The lowest BCUT2D eigenvalue weighted by Crippen LogP contribution is -2.44. The van der Waals surface area contributed by atoms with Crippen LogP contribution in [0.25, 0.3) is 10.6 Å². The van der Waals surface area contributed by atoms with Gasteiger partial charge in [0.15, 0.2) is 5.96 Å². The summed E-state index contributed by atoms with van der Waals surface area (Å²) in [6.45, 7) is 5.39. The average Bonchev–Trinajstić information content (AvgIpc) is 3.20. The molecule has 1 heterocycles. The number of rotatable bonds is 7. The first-order chi connectivity index (χ1) is 13.6. The van der Waals surface area contributed by atoms with E-state index in [-0.39, 0.29) is 0 Å². The van der Waals surface area contributed by atoms with Gasteiger partial charge in [-0.1, -0.05) is 60.7 Å². The summed E-state index contributed by atoms with van der Waals surface area (Å²) in [5.74, 6) is 0.660. The minimum absolute atomic E-state index is 0.356. The normalized spacial score (nSPS) is 13.8. The van der Waals surface area contributed by atoms with Crippen LogP contribution < -0.4 is 10.6 Å². The molecular formula is C22H26N4OS. The van der Waals surface area contributed by atoms with E-state index in [1.54, 1.807) is 18.3 Å². The lowest BCUT2D eigenvalue weighted by Gasteiger charge is -2.25. The van der Waals surface area contributed by atoms with Gasteiger partial charge in [0.2, 0.25) is 0 Å². The van der Waals surface area contributed by atoms with Gasteiger partial charge in [0.25, 0.3) is 0 Å². The fraction of sp³-hybridized carbons (Fsp3) is 0.273. The predicted octanol–water partition coefficient (Wildman–Crippen LogP) is 3.77. The molecule has 0 bridgehead atoms. The Morgan fingerprint density at radius 1 is 1.07 bits per heavy atom. The highest BCUT2D eigenvalue weighted by atomic mass is 32.1.